The van der Waals surface area contributed by atoms with Crippen LogP contribution in [0.5, 0.6) is 11.5 Å². The number of aromatic hydroxyl groups is 1. The van der Waals surface area contributed by atoms with Gasteiger partial charge in [0.15, 0.2) is 5.76 Å². The van der Waals surface area contributed by atoms with Crippen LogP contribution in [-0.4, -0.2) is 56.5 Å². The highest BCUT2D eigenvalue weighted by Gasteiger charge is 2.27. The highest BCUT2D eigenvalue weighted by molar-refractivity contribution is 5.71. The zero-order valence-corrected chi connectivity index (χ0v) is 16.6. The lowest BCUT2D eigenvalue weighted by molar-refractivity contribution is -0.140. The van der Waals surface area contributed by atoms with E-state index in [0.29, 0.717) is 36.8 Å². The fraction of sp³-hybridized carbons (Fsp3) is 0.429. The molecule has 1 saturated heterocycles. The molecule has 2 aromatic rings. The molecule has 2 heterocycles. The molecule has 3 rings (SSSR count). The Kier molecular flexibility index (Phi) is 6.90. The molecule has 156 valence electrons. The molecule has 0 radical (unpaired) electrons. The number of ether oxygens (including phenoxy) is 3. The van der Waals surface area contributed by atoms with E-state index in [1.165, 1.54) is 13.2 Å². The molecule has 1 unspecified atom stereocenters. The molecule has 1 fully saturated rings. The predicted octanol–water partition coefficient (Wildman–Crippen LogP) is 1.88. The second kappa shape index (κ2) is 9.58. The molecule has 1 atom stereocenters. The number of nitrogens with zero attached hydrogens (tertiary/aromatic N) is 1. The minimum absolute atomic E-state index is 0.0522. The minimum atomic E-state index is -0.675. The number of morpholine rings is 1. The van der Waals surface area contributed by atoms with Gasteiger partial charge in [-0.3, -0.25) is 14.5 Å². The van der Waals surface area contributed by atoms with Gasteiger partial charge in [0.25, 0.3) is 0 Å². The normalized spacial score (nSPS) is 15.7. The Hall–Kier alpha value is -2.84. The van der Waals surface area contributed by atoms with E-state index < -0.39 is 23.1 Å². The molecule has 0 spiro atoms. The summed E-state index contributed by atoms with van der Waals surface area (Å²) >= 11 is 0. The SMILES string of the molecule is COC(=O)CC(c1ccc(OC)cc1)c1oc(CN2CCOCC2)cc(=O)c1O. The summed E-state index contributed by atoms with van der Waals surface area (Å²) < 4.78 is 21.3. The number of hydrogen-bond donors (Lipinski definition) is 1. The number of methoxy groups -OCH3 is 2. The lowest BCUT2D eigenvalue weighted by Crippen LogP contribution is -2.35. The Bertz CT molecular complexity index is 885. The van der Waals surface area contributed by atoms with Gasteiger partial charge in [-0.15, -0.1) is 0 Å². The van der Waals surface area contributed by atoms with E-state index in [1.54, 1.807) is 31.4 Å². The number of esters is 1. The maximum Gasteiger partial charge on any atom is 0.306 e. The van der Waals surface area contributed by atoms with Gasteiger partial charge in [-0.05, 0) is 17.7 Å². The summed E-state index contributed by atoms with van der Waals surface area (Å²) in [5.41, 5.74) is 0.149. The Morgan fingerprint density at radius 3 is 2.52 bits per heavy atom. The number of carbonyl (C=O) groups is 1. The summed E-state index contributed by atoms with van der Waals surface area (Å²) in [5.74, 6) is -0.528. The Morgan fingerprint density at radius 2 is 1.90 bits per heavy atom. The van der Waals surface area contributed by atoms with E-state index in [1.807, 2.05) is 0 Å². The smallest absolute Gasteiger partial charge is 0.306 e. The first-order chi connectivity index (χ1) is 14.0. The molecule has 0 aliphatic carbocycles. The van der Waals surface area contributed by atoms with Crippen LogP contribution in [0.15, 0.2) is 39.5 Å². The summed E-state index contributed by atoms with van der Waals surface area (Å²) in [5, 5.41) is 10.4. The predicted molar refractivity (Wildman–Crippen MR) is 104 cm³/mol. The number of rotatable bonds is 7. The standard InChI is InChI=1S/C21H25NO7/c1-26-15-5-3-14(4-6-15)17(12-19(24)27-2)21-20(25)18(23)11-16(29-21)13-22-7-9-28-10-8-22/h3-6,11,17,25H,7-10,12-13H2,1-2H3. The molecule has 1 aliphatic heterocycles. The maximum absolute atomic E-state index is 12.4. The summed E-state index contributed by atoms with van der Waals surface area (Å²) in [6.45, 7) is 3.10. The average Bonchev–Trinajstić information content (AvgIpc) is 2.75. The van der Waals surface area contributed by atoms with Crippen molar-refractivity contribution in [1.29, 1.82) is 0 Å². The van der Waals surface area contributed by atoms with Gasteiger partial charge in [-0.25, -0.2) is 0 Å². The van der Waals surface area contributed by atoms with Crippen LogP contribution in [0.4, 0.5) is 0 Å². The Balaban J connectivity index is 1.98. The van der Waals surface area contributed by atoms with Gasteiger partial charge in [0.2, 0.25) is 11.2 Å². The van der Waals surface area contributed by atoms with Crippen LogP contribution in [0, 0.1) is 0 Å². The largest absolute Gasteiger partial charge is 0.502 e. The lowest BCUT2D eigenvalue weighted by Gasteiger charge is -2.26. The second-order valence-electron chi connectivity index (χ2n) is 6.78. The van der Waals surface area contributed by atoms with Gasteiger partial charge >= 0.3 is 5.97 Å². The van der Waals surface area contributed by atoms with Gasteiger partial charge in [0, 0.05) is 19.2 Å². The average molecular weight is 403 g/mol. The van der Waals surface area contributed by atoms with Crippen molar-refractivity contribution in [3.8, 4) is 11.5 Å². The summed E-state index contributed by atoms with van der Waals surface area (Å²) in [6, 6.07) is 8.30. The molecule has 1 aromatic heterocycles. The Labute approximate surface area is 168 Å². The van der Waals surface area contributed by atoms with Crippen LogP contribution >= 0.6 is 0 Å². The van der Waals surface area contributed by atoms with Gasteiger partial charge in [-0.2, -0.15) is 0 Å². The number of benzene rings is 1. The van der Waals surface area contributed by atoms with E-state index in [0.717, 1.165) is 13.1 Å². The summed E-state index contributed by atoms with van der Waals surface area (Å²) in [4.78, 5) is 26.5. The van der Waals surface area contributed by atoms with Crippen molar-refractivity contribution in [2.45, 2.75) is 18.9 Å². The fourth-order valence-corrected chi connectivity index (χ4v) is 3.30. The van der Waals surface area contributed by atoms with Crippen molar-refractivity contribution in [2.75, 3.05) is 40.5 Å². The van der Waals surface area contributed by atoms with E-state index in [-0.39, 0.29) is 12.2 Å². The van der Waals surface area contributed by atoms with E-state index in [2.05, 4.69) is 4.90 Å². The quantitative estimate of drug-likeness (QED) is 0.700. The highest BCUT2D eigenvalue weighted by atomic mass is 16.5. The van der Waals surface area contributed by atoms with Gasteiger partial charge in [0.1, 0.15) is 11.5 Å². The van der Waals surface area contributed by atoms with Crippen LogP contribution in [0.3, 0.4) is 0 Å². The second-order valence-corrected chi connectivity index (χ2v) is 6.78. The third-order valence-electron chi connectivity index (χ3n) is 4.92. The molecule has 1 N–H and O–H groups in total. The fourth-order valence-electron chi connectivity index (χ4n) is 3.30. The molecule has 8 heteroatoms. The van der Waals surface area contributed by atoms with Gasteiger partial charge in [-0.1, -0.05) is 12.1 Å². The zero-order valence-electron chi connectivity index (χ0n) is 16.6. The van der Waals surface area contributed by atoms with Crippen molar-refractivity contribution in [3.05, 3.63) is 57.6 Å². The van der Waals surface area contributed by atoms with Crippen LogP contribution in [0.2, 0.25) is 0 Å². The number of carbonyl (C=O) groups excluding carboxylic acids is 1. The molecule has 1 aromatic carbocycles. The van der Waals surface area contributed by atoms with Crippen molar-refractivity contribution < 1.29 is 28.5 Å². The summed E-state index contributed by atoms with van der Waals surface area (Å²) in [6.07, 6.45) is -0.0830. The number of hydrogen-bond acceptors (Lipinski definition) is 8. The molecule has 1 aliphatic rings. The van der Waals surface area contributed by atoms with Crippen LogP contribution in [0.25, 0.3) is 0 Å². The Morgan fingerprint density at radius 1 is 1.21 bits per heavy atom. The third kappa shape index (κ3) is 5.16. The molecule has 29 heavy (non-hydrogen) atoms. The highest BCUT2D eigenvalue weighted by Crippen LogP contribution is 2.34. The summed E-state index contributed by atoms with van der Waals surface area (Å²) in [7, 11) is 2.85. The van der Waals surface area contributed by atoms with Gasteiger partial charge in [0.05, 0.1) is 46.3 Å². The van der Waals surface area contributed by atoms with Crippen molar-refractivity contribution in [1.82, 2.24) is 4.90 Å². The minimum Gasteiger partial charge on any atom is -0.502 e. The first-order valence-corrected chi connectivity index (χ1v) is 9.38. The topological polar surface area (TPSA) is 98.4 Å². The molecule has 0 amide bonds. The molecular weight excluding hydrogens is 378 g/mol. The zero-order chi connectivity index (χ0) is 20.8. The van der Waals surface area contributed by atoms with Crippen LogP contribution in [-0.2, 0) is 20.8 Å². The van der Waals surface area contributed by atoms with Crippen molar-refractivity contribution >= 4 is 5.97 Å². The lowest BCUT2D eigenvalue weighted by atomic mass is 9.92. The molecule has 0 bridgehead atoms. The molecular formula is C21H25NO7. The van der Waals surface area contributed by atoms with E-state index in [4.69, 9.17) is 18.6 Å². The first kappa shape index (κ1) is 20.9. The maximum atomic E-state index is 12.4. The van der Waals surface area contributed by atoms with Crippen molar-refractivity contribution in [3.63, 3.8) is 0 Å². The monoisotopic (exact) mass is 403 g/mol. The van der Waals surface area contributed by atoms with Gasteiger partial charge < -0.3 is 23.7 Å². The van der Waals surface area contributed by atoms with Crippen LogP contribution < -0.4 is 10.2 Å². The van der Waals surface area contributed by atoms with Crippen molar-refractivity contribution in [2.24, 2.45) is 0 Å². The third-order valence-corrected chi connectivity index (χ3v) is 4.92. The van der Waals surface area contributed by atoms with E-state index >= 15 is 0 Å². The van der Waals surface area contributed by atoms with Crippen LogP contribution in [0.1, 0.15) is 29.4 Å². The molecule has 8 nitrogen and oxygen atoms in total. The van der Waals surface area contributed by atoms with E-state index in [9.17, 15) is 14.7 Å². The first-order valence-electron chi connectivity index (χ1n) is 9.38. The molecule has 0 saturated carbocycles.